The van der Waals surface area contributed by atoms with Gasteiger partial charge in [0.2, 0.25) is 0 Å². The van der Waals surface area contributed by atoms with Crippen molar-refractivity contribution < 1.29 is 25.2 Å². The Balaban J connectivity index is 1.43. The molecule has 0 bridgehead atoms. The van der Waals surface area contributed by atoms with Crippen LogP contribution in [0.25, 0.3) is 11.1 Å². The lowest BCUT2D eigenvalue weighted by molar-refractivity contribution is 0.723. The van der Waals surface area contributed by atoms with Crippen LogP contribution in [0.5, 0.6) is 0 Å². The van der Waals surface area contributed by atoms with Gasteiger partial charge in [0.15, 0.2) is 0 Å². The molecule has 58 heavy (non-hydrogen) atoms. The molecule has 9 rings (SSSR count). The van der Waals surface area contributed by atoms with E-state index < -0.39 is 45.1 Å². The van der Waals surface area contributed by atoms with Gasteiger partial charge in [0, 0.05) is 32.4 Å². The first-order valence-corrected chi connectivity index (χ1v) is 27.2. The number of allylic oxidation sites excluding steroid dienone is 4. The first-order valence-electron chi connectivity index (χ1n) is 17.7. The Hall–Kier alpha value is -4.24. The molecule has 6 nitrogen and oxygen atoms in total. The number of halogens is 6. The topological polar surface area (TPSA) is 74.2 Å². The summed E-state index contributed by atoms with van der Waals surface area (Å²) in [5.41, 5.74) is -0.0177. The van der Waals surface area contributed by atoms with E-state index in [0.717, 1.165) is 0 Å². The van der Waals surface area contributed by atoms with Crippen LogP contribution in [0.2, 0.25) is 0 Å². The van der Waals surface area contributed by atoms with Crippen LogP contribution in [-0.4, -0.2) is 0 Å². The third-order valence-electron chi connectivity index (χ3n) is 9.53. The van der Waals surface area contributed by atoms with Crippen LogP contribution in [0, 0.1) is 0 Å². The summed E-state index contributed by atoms with van der Waals surface area (Å²) >= 11 is 0. The third-order valence-corrected chi connectivity index (χ3v) is 27.0. The molecule has 18 heteroatoms. The predicted octanol–water partition coefficient (Wildman–Crippen LogP) is 16.2. The largest absolute Gasteiger partial charge is 0.420 e. The Bertz CT molecular complexity index is 2700. The van der Waals surface area contributed by atoms with Gasteiger partial charge in [-0.25, -0.2) is 0 Å². The summed E-state index contributed by atoms with van der Waals surface area (Å²) in [6.45, 7) is 0. The summed E-state index contributed by atoms with van der Waals surface area (Å²) in [6.07, 6.45) is 0. The Kier molecular flexibility index (Phi) is 10.0. The SMILES string of the molecule is FP1(F)=NP(c2ccccc2)(c2ccccc2)=NP(F)(C2=C(c3ccccc3)C(P3(F)=NP(F)(F)=NP(c4ccccc4)(c4ccccc4)=N3)=C2c2ccccc2)=N1. The van der Waals surface area contributed by atoms with Crippen LogP contribution < -0.4 is 21.2 Å². The van der Waals surface area contributed by atoms with Gasteiger partial charge in [0.25, 0.3) is 15.0 Å². The van der Waals surface area contributed by atoms with E-state index >= 15 is 25.2 Å². The highest BCUT2D eigenvalue weighted by Crippen LogP contribution is 2.90. The predicted molar refractivity (Wildman–Crippen MR) is 234 cm³/mol. The molecule has 0 N–H and O–H groups in total. The van der Waals surface area contributed by atoms with E-state index in [1.54, 1.807) is 182 Å². The molecule has 0 fully saturated rings. The van der Waals surface area contributed by atoms with E-state index in [2.05, 4.69) is 18.1 Å². The minimum absolute atomic E-state index is 0.192. The molecule has 2 heterocycles. The van der Waals surface area contributed by atoms with Gasteiger partial charge in [-0.1, -0.05) is 182 Å². The quantitative estimate of drug-likeness (QED) is 0.108. The highest BCUT2D eigenvalue weighted by atomic mass is 31.3. The van der Waals surface area contributed by atoms with Gasteiger partial charge in [-0.15, -0.1) is 16.8 Å². The maximum atomic E-state index is 18.8. The summed E-state index contributed by atoms with van der Waals surface area (Å²) < 4.78 is 129. The van der Waals surface area contributed by atoms with Crippen molar-refractivity contribution in [1.82, 2.24) is 0 Å². The summed E-state index contributed by atoms with van der Waals surface area (Å²) in [5.74, 6) is 0. The second-order valence-electron chi connectivity index (χ2n) is 13.2. The van der Waals surface area contributed by atoms with Crippen molar-refractivity contribution >= 4 is 77.5 Å². The van der Waals surface area contributed by atoms with Crippen molar-refractivity contribution in [2.45, 2.75) is 0 Å². The fraction of sp³-hybridized carbons (Fsp3) is 0. The van der Waals surface area contributed by atoms with Gasteiger partial charge in [-0.05, 0) is 11.1 Å². The van der Waals surface area contributed by atoms with Gasteiger partial charge < -0.3 is 0 Å². The minimum atomic E-state index is -5.80. The molecule has 1 aliphatic carbocycles. The molecule has 0 saturated heterocycles. The molecule has 292 valence electrons. The fourth-order valence-corrected chi connectivity index (χ4v) is 27.5. The van der Waals surface area contributed by atoms with Crippen LogP contribution in [0.4, 0.5) is 25.2 Å². The highest BCUT2D eigenvalue weighted by Gasteiger charge is 2.54. The van der Waals surface area contributed by atoms with E-state index in [0.29, 0.717) is 0 Å². The Morgan fingerprint density at radius 2 is 0.517 bits per heavy atom. The zero-order valence-electron chi connectivity index (χ0n) is 30.0. The molecule has 6 aromatic rings. The first-order chi connectivity index (χ1) is 27.9. The average molecular weight is 895 g/mol. The van der Waals surface area contributed by atoms with E-state index in [4.69, 9.17) is 9.03 Å². The molecule has 2 aliphatic heterocycles. The second-order valence-corrected chi connectivity index (χ2v) is 26.8. The lowest BCUT2D eigenvalue weighted by atomic mass is 9.88. The van der Waals surface area contributed by atoms with Crippen molar-refractivity contribution in [3.63, 3.8) is 0 Å². The Morgan fingerprint density at radius 3 is 0.776 bits per heavy atom. The van der Waals surface area contributed by atoms with Crippen molar-refractivity contribution in [3.8, 4) is 0 Å². The number of nitrogens with zero attached hydrogens (tertiary/aromatic N) is 6. The van der Waals surface area contributed by atoms with Crippen molar-refractivity contribution in [1.29, 1.82) is 0 Å². The monoisotopic (exact) mass is 894 g/mol. The summed E-state index contributed by atoms with van der Waals surface area (Å²) in [7, 11) is -30.1. The molecule has 0 saturated carbocycles. The van der Waals surface area contributed by atoms with Crippen LogP contribution in [0.15, 0.2) is 220 Å². The molecule has 0 amide bonds. The van der Waals surface area contributed by atoms with Gasteiger partial charge in [-0.2, -0.15) is 35.5 Å². The minimum Gasteiger partial charge on any atom is -0.199 e. The van der Waals surface area contributed by atoms with Crippen LogP contribution in [-0.2, 0) is 0 Å². The number of hydrogen-bond donors (Lipinski definition) is 0. The maximum absolute atomic E-state index is 18.8. The smallest absolute Gasteiger partial charge is 0.199 e. The molecular formula is C40H30F6N6P6. The maximum Gasteiger partial charge on any atom is 0.420 e. The van der Waals surface area contributed by atoms with Crippen molar-refractivity contribution in [3.05, 3.63) is 204 Å². The standard InChI is InChI=1S/C40H30F6N6P6/c41-55(47-53(49-57(43,44)51-55,33-23-11-3-12-24-33)34-25-13-4-14-26-34)39-37(31-19-7-1-8-20-31)40(38(39)32-21-9-2-10-22-32)56(42)48-54(50-58(45,46)52-56,35-27-15-5-16-28-35)36-29-17-6-18-30-36/h1-30H. The molecule has 2 atom stereocenters. The van der Waals surface area contributed by atoms with E-state index in [1.807, 2.05) is 0 Å². The molecular weight excluding hydrogens is 864 g/mol. The van der Waals surface area contributed by atoms with Crippen molar-refractivity contribution in [2.75, 3.05) is 0 Å². The van der Waals surface area contributed by atoms with E-state index in [1.165, 1.54) is 0 Å². The van der Waals surface area contributed by atoms with Gasteiger partial charge >= 0.3 is 15.7 Å². The Morgan fingerprint density at radius 1 is 0.276 bits per heavy atom. The molecule has 0 radical (unpaired) electrons. The molecule has 2 unspecified atom stereocenters. The molecule has 3 aliphatic rings. The first kappa shape index (κ1) is 39.2. The average Bonchev–Trinajstić information content (AvgIpc) is 3.21. The number of rotatable bonds is 8. The summed E-state index contributed by atoms with van der Waals surface area (Å²) in [4.78, 5) is 0. The zero-order chi connectivity index (χ0) is 40.2. The van der Waals surface area contributed by atoms with Crippen LogP contribution in [0.1, 0.15) is 11.1 Å². The van der Waals surface area contributed by atoms with Crippen LogP contribution >= 0.6 is 45.1 Å². The molecule has 0 spiro atoms. The molecule has 6 aromatic carbocycles. The summed E-state index contributed by atoms with van der Waals surface area (Å²) in [5, 5.41) is 0.344. The lowest BCUT2D eigenvalue weighted by Crippen LogP contribution is -2.17. The van der Waals surface area contributed by atoms with Gasteiger partial charge in [-0.3, -0.25) is 0 Å². The second kappa shape index (κ2) is 14.8. The van der Waals surface area contributed by atoms with Gasteiger partial charge in [0.1, 0.15) is 14.4 Å². The van der Waals surface area contributed by atoms with Gasteiger partial charge in [0.05, 0.1) is 10.6 Å². The van der Waals surface area contributed by atoms with Crippen molar-refractivity contribution in [2.24, 2.45) is 27.1 Å². The highest BCUT2D eigenvalue weighted by molar-refractivity contribution is 7.92. The Labute approximate surface area is 332 Å². The van der Waals surface area contributed by atoms with E-state index in [9.17, 15) is 0 Å². The van der Waals surface area contributed by atoms with E-state index in [-0.39, 0.29) is 54.1 Å². The lowest BCUT2D eigenvalue weighted by Gasteiger charge is -2.39. The molecule has 0 aromatic heterocycles. The third kappa shape index (κ3) is 6.83. The normalized spacial score (nSPS) is 23.7. The number of hydrogen-bond acceptors (Lipinski definition) is 6. The van der Waals surface area contributed by atoms with Crippen LogP contribution in [0.3, 0.4) is 0 Å². The zero-order valence-corrected chi connectivity index (χ0v) is 35.3. The fourth-order valence-electron chi connectivity index (χ4n) is 7.22. The summed E-state index contributed by atoms with van der Waals surface area (Å²) in [6, 6.07) is 48.6. The number of benzene rings is 6.